The molecule has 1 aliphatic rings. The van der Waals surface area contributed by atoms with Crippen molar-refractivity contribution in [2.24, 2.45) is 4.99 Å². The van der Waals surface area contributed by atoms with Crippen LogP contribution in [0.3, 0.4) is 0 Å². The molecule has 0 bridgehead atoms. The van der Waals surface area contributed by atoms with Gasteiger partial charge < -0.3 is 14.2 Å². The Morgan fingerprint density at radius 2 is 1.92 bits per heavy atom. The van der Waals surface area contributed by atoms with Crippen molar-refractivity contribution in [3.8, 4) is 11.5 Å². The van der Waals surface area contributed by atoms with Crippen molar-refractivity contribution < 1.29 is 19.0 Å². The minimum Gasteiger partial charge on any atom is -0.493 e. The van der Waals surface area contributed by atoms with Crippen LogP contribution in [0.25, 0.3) is 6.08 Å². The van der Waals surface area contributed by atoms with Gasteiger partial charge in [-0.15, -0.1) is 0 Å². The number of aliphatic imine (C=N–C) groups is 1. The van der Waals surface area contributed by atoms with E-state index in [2.05, 4.69) is 4.99 Å². The Labute approximate surface area is 156 Å². The van der Waals surface area contributed by atoms with Crippen LogP contribution < -0.4 is 9.47 Å². The van der Waals surface area contributed by atoms with Crippen molar-refractivity contribution in [2.75, 3.05) is 7.11 Å². The van der Waals surface area contributed by atoms with Crippen molar-refractivity contribution in [3.05, 3.63) is 64.3 Å². The fourth-order valence-electron chi connectivity index (χ4n) is 2.44. The summed E-state index contributed by atoms with van der Waals surface area (Å²) in [6.45, 7) is 3.81. The maximum atomic E-state index is 12.1. The van der Waals surface area contributed by atoms with Gasteiger partial charge >= 0.3 is 5.97 Å². The molecular weight excluding hydrogens is 354 g/mol. The van der Waals surface area contributed by atoms with E-state index < -0.39 is 5.97 Å². The molecule has 1 aliphatic heterocycles. The molecule has 2 aromatic rings. The van der Waals surface area contributed by atoms with E-state index in [1.165, 1.54) is 7.11 Å². The number of hydrogen-bond donors (Lipinski definition) is 0. The number of nitrogens with zero attached hydrogens (tertiary/aromatic N) is 1. The molecule has 2 aromatic carbocycles. The Balaban J connectivity index is 1.95. The summed E-state index contributed by atoms with van der Waals surface area (Å²) in [5, 5.41) is 0.392. The second kappa shape index (κ2) is 7.62. The number of ether oxygens (including phenoxy) is 3. The molecule has 0 atom stereocenters. The second-order valence-electron chi connectivity index (χ2n) is 5.90. The van der Waals surface area contributed by atoms with Crippen LogP contribution in [-0.4, -0.2) is 25.1 Å². The van der Waals surface area contributed by atoms with Gasteiger partial charge in [0.15, 0.2) is 17.2 Å². The molecule has 134 valence electrons. The number of methoxy groups -OCH3 is 1. The zero-order valence-corrected chi connectivity index (χ0v) is 15.4. The van der Waals surface area contributed by atoms with Crippen molar-refractivity contribution in [1.29, 1.82) is 0 Å². The lowest BCUT2D eigenvalue weighted by Gasteiger charge is -2.15. The Kier molecular flexibility index (Phi) is 5.28. The van der Waals surface area contributed by atoms with Gasteiger partial charge in [-0.1, -0.05) is 29.8 Å². The third-order valence-corrected chi connectivity index (χ3v) is 3.83. The smallest absolute Gasteiger partial charge is 0.363 e. The predicted octanol–water partition coefficient (Wildman–Crippen LogP) is 4.48. The number of carbonyl (C=O) groups is 1. The summed E-state index contributed by atoms with van der Waals surface area (Å²) in [5.74, 6) is 0.714. The Hall–Kier alpha value is -2.79. The van der Waals surface area contributed by atoms with Gasteiger partial charge in [-0.25, -0.2) is 9.79 Å². The highest BCUT2D eigenvalue weighted by molar-refractivity contribution is 6.32. The lowest BCUT2D eigenvalue weighted by atomic mass is 10.1. The van der Waals surface area contributed by atoms with E-state index in [-0.39, 0.29) is 17.7 Å². The molecule has 0 saturated heterocycles. The molecule has 0 spiro atoms. The molecule has 0 N–H and O–H groups in total. The van der Waals surface area contributed by atoms with Gasteiger partial charge in [0, 0.05) is 5.56 Å². The monoisotopic (exact) mass is 371 g/mol. The quantitative estimate of drug-likeness (QED) is 0.574. The van der Waals surface area contributed by atoms with Gasteiger partial charge in [0.2, 0.25) is 5.90 Å². The number of halogens is 1. The first-order valence-corrected chi connectivity index (χ1v) is 8.48. The van der Waals surface area contributed by atoms with Gasteiger partial charge in [-0.3, -0.25) is 0 Å². The normalized spacial score (nSPS) is 15.2. The summed E-state index contributed by atoms with van der Waals surface area (Å²) in [6.07, 6.45) is 1.56. The maximum absolute atomic E-state index is 12.1. The highest BCUT2D eigenvalue weighted by atomic mass is 35.5. The van der Waals surface area contributed by atoms with E-state index in [1.807, 2.05) is 44.2 Å². The molecule has 6 heteroatoms. The topological polar surface area (TPSA) is 57.1 Å². The highest BCUT2D eigenvalue weighted by Crippen LogP contribution is 2.38. The zero-order valence-electron chi connectivity index (χ0n) is 14.7. The van der Waals surface area contributed by atoms with Gasteiger partial charge in [0.05, 0.1) is 18.2 Å². The van der Waals surface area contributed by atoms with E-state index in [1.54, 1.807) is 18.2 Å². The predicted molar refractivity (Wildman–Crippen MR) is 101 cm³/mol. The molecule has 3 rings (SSSR count). The Morgan fingerprint density at radius 1 is 1.19 bits per heavy atom. The number of hydrogen-bond acceptors (Lipinski definition) is 5. The van der Waals surface area contributed by atoms with E-state index in [0.29, 0.717) is 22.1 Å². The van der Waals surface area contributed by atoms with E-state index in [9.17, 15) is 4.79 Å². The molecule has 0 aromatic heterocycles. The van der Waals surface area contributed by atoms with E-state index in [0.717, 1.165) is 5.56 Å². The second-order valence-corrected chi connectivity index (χ2v) is 6.31. The molecule has 0 saturated carbocycles. The summed E-state index contributed by atoms with van der Waals surface area (Å²) in [7, 11) is 1.53. The average Bonchev–Trinajstić information content (AvgIpc) is 2.98. The fourth-order valence-corrected chi connectivity index (χ4v) is 2.71. The molecule has 26 heavy (non-hydrogen) atoms. The van der Waals surface area contributed by atoms with Crippen molar-refractivity contribution >= 4 is 29.5 Å². The highest BCUT2D eigenvalue weighted by Gasteiger charge is 2.24. The number of carbonyl (C=O) groups excluding carboxylic acids is 1. The molecule has 5 nitrogen and oxygen atoms in total. The van der Waals surface area contributed by atoms with Crippen LogP contribution >= 0.6 is 11.6 Å². The molecule has 0 unspecified atom stereocenters. The minimum absolute atomic E-state index is 0.0477. The summed E-state index contributed by atoms with van der Waals surface area (Å²) >= 11 is 6.32. The number of rotatable bonds is 5. The van der Waals surface area contributed by atoms with E-state index in [4.69, 9.17) is 25.8 Å². The minimum atomic E-state index is -0.513. The van der Waals surface area contributed by atoms with Crippen LogP contribution in [0.15, 0.2) is 53.2 Å². The number of cyclic esters (lactones) is 1. The molecule has 0 radical (unpaired) electrons. The Bertz CT molecular complexity index is 888. The lowest BCUT2D eigenvalue weighted by Crippen LogP contribution is -2.07. The third kappa shape index (κ3) is 3.89. The van der Waals surface area contributed by atoms with Crippen LogP contribution in [0.4, 0.5) is 0 Å². The first kappa shape index (κ1) is 18.0. The Morgan fingerprint density at radius 3 is 2.58 bits per heavy atom. The average molecular weight is 372 g/mol. The maximum Gasteiger partial charge on any atom is 0.363 e. The van der Waals surface area contributed by atoms with E-state index >= 15 is 0 Å². The van der Waals surface area contributed by atoms with Crippen LogP contribution in [0.2, 0.25) is 5.02 Å². The molecule has 0 aliphatic carbocycles. The largest absolute Gasteiger partial charge is 0.493 e. The van der Waals surface area contributed by atoms with Gasteiger partial charge in [-0.05, 0) is 49.8 Å². The first-order valence-electron chi connectivity index (χ1n) is 8.10. The molecule has 0 fully saturated rings. The summed E-state index contributed by atoms with van der Waals surface area (Å²) < 4.78 is 16.3. The van der Waals surface area contributed by atoms with Crippen LogP contribution in [-0.2, 0) is 9.53 Å². The number of benzene rings is 2. The summed E-state index contributed by atoms with van der Waals surface area (Å²) in [4.78, 5) is 16.4. The SMILES string of the molecule is COc1cc(/C=C2/N=C(c3ccccc3)OC2=O)cc(Cl)c1OC(C)C. The molecule has 1 heterocycles. The van der Waals surface area contributed by atoms with Crippen LogP contribution in [0, 0.1) is 0 Å². The van der Waals surface area contributed by atoms with Crippen LogP contribution in [0.5, 0.6) is 11.5 Å². The van der Waals surface area contributed by atoms with Gasteiger partial charge in [0.1, 0.15) is 0 Å². The van der Waals surface area contributed by atoms with Crippen molar-refractivity contribution in [2.45, 2.75) is 20.0 Å². The van der Waals surface area contributed by atoms with Crippen molar-refractivity contribution in [3.63, 3.8) is 0 Å². The van der Waals surface area contributed by atoms with Crippen LogP contribution in [0.1, 0.15) is 25.0 Å². The lowest BCUT2D eigenvalue weighted by molar-refractivity contribution is -0.129. The summed E-state index contributed by atoms with van der Waals surface area (Å²) in [5.41, 5.74) is 1.59. The first-order chi connectivity index (χ1) is 12.5. The van der Waals surface area contributed by atoms with Gasteiger partial charge in [0.25, 0.3) is 0 Å². The van der Waals surface area contributed by atoms with Gasteiger partial charge in [-0.2, -0.15) is 0 Å². The standard InChI is InChI=1S/C20H18ClNO4/c1-12(2)25-18-15(21)9-13(11-17(18)24-3)10-16-20(23)26-19(22-16)14-7-5-4-6-8-14/h4-12H,1-3H3/b16-10+. The summed E-state index contributed by atoms with van der Waals surface area (Å²) in [6, 6.07) is 12.7. The molecule has 0 amide bonds. The van der Waals surface area contributed by atoms with Crippen molar-refractivity contribution in [1.82, 2.24) is 0 Å². The molecular formula is C20H18ClNO4. The third-order valence-electron chi connectivity index (χ3n) is 3.55. The number of esters is 1. The zero-order chi connectivity index (χ0) is 18.7. The fraction of sp³-hybridized carbons (Fsp3) is 0.200.